The first-order valence-electron chi connectivity index (χ1n) is 7.11. The van der Waals surface area contributed by atoms with Crippen LogP contribution in [0.15, 0.2) is 55.7 Å². The monoisotopic (exact) mass is 264 g/mol. The van der Waals surface area contributed by atoms with Gasteiger partial charge in [-0.25, -0.2) is 0 Å². The molecule has 0 aliphatic heterocycles. The third kappa shape index (κ3) is 2.46. The first-order chi connectivity index (χ1) is 9.65. The highest BCUT2D eigenvalue weighted by Gasteiger charge is 2.24. The van der Waals surface area contributed by atoms with E-state index < -0.39 is 0 Å². The normalized spacial score (nSPS) is 13.1. The van der Waals surface area contributed by atoms with Crippen LogP contribution >= 0.6 is 0 Å². The van der Waals surface area contributed by atoms with Crippen molar-refractivity contribution in [3.8, 4) is 0 Å². The molecular weight excluding hydrogens is 240 g/mol. The molecule has 0 heterocycles. The van der Waals surface area contributed by atoms with E-state index in [0.29, 0.717) is 0 Å². The number of benzene rings is 1. The summed E-state index contributed by atoms with van der Waals surface area (Å²) in [6, 6.07) is 4.28. The molecule has 0 saturated heterocycles. The molecule has 0 fully saturated rings. The van der Waals surface area contributed by atoms with Crippen molar-refractivity contribution in [3.05, 3.63) is 77.9 Å². The van der Waals surface area contributed by atoms with Crippen LogP contribution in [0.2, 0.25) is 0 Å². The van der Waals surface area contributed by atoms with E-state index in [9.17, 15) is 0 Å². The van der Waals surface area contributed by atoms with Crippen LogP contribution < -0.4 is 0 Å². The van der Waals surface area contributed by atoms with Gasteiger partial charge >= 0.3 is 0 Å². The molecule has 0 nitrogen and oxygen atoms in total. The fraction of sp³-hybridized carbons (Fsp3) is 0.200. The predicted octanol–water partition coefficient (Wildman–Crippen LogP) is 6.21. The van der Waals surface area contributed by atoms with E-state index in [0.717, 1.165) is 16.7 Å². The van der Waals surface area contributed by atoms with Crippen LogP contribution in [0.3, 0.4) is 0 Å². The second kappa shape index (κ2) is 6.91. The lowest BCUT2D eigenvalue weighted by atomic mass is 9.94. The van der Waals surface area contributed by atoms with Crippen LogP contribution in [0.25, 0.3) is 17.2 Å². The van der Waals surface area contributed by atoms with Gasteiger partial charge in [0, 0.05) is 0 Å². The minimum absolute atomic E-state index is 1.07. The summed E-state index contributed by atoms with van der Waals surface area (Å²) in [5.74, 6) is 0. The van der Waals surface area contributed by atoms with Gasteiger partial charge in [-0.2, -0.15) is 0 Å². The molecule has 0 N–H and O–H groups in total. The summed E-state index contributed by atoms with van der Waals surface area (Å²) in [5, 5.41) is 0. The SMILES string of the molecule is C=CC1=C(/C=C\C)C(=C)c2c1ccc(C)c2C=C.CC. The molecule has 0 radical (unpaired) electrons. The van der Waals surface area contributed by atoms with Crippen molar-refractivity contribution in [2.45, 2.75) is 27.7 Å². The Morgan fingerprint density at radius 3 is 2.15 bits per heavy atom. The highest BCUT2D eigenvalue weighted by molar-refractivity contribution is 6.06. The van der Waals surface area contributed by atoms with Gasteiger partial charge in [0.2, 0.25) is 0 Å². The fourth-order valence-corrected chi connectivity index (χ4v) is 2.56. The maximum Gasteiger partial charge on any atom is -0.00299 e. The Hall–Kier alpha value is -2.08. The third-order valence-electron chi connectivity index (χ3n) is 3.41. The van der Waals surface area contributed by atoms with Crippen molar-refractivity contribution in [1.82, 2.24) is 0 Å². The Morgan fingerprint density at radius 1 is 1.00 bits per heavy atom. The molecule has 0 spiro atoms. The van der Waals surface area contributed by atoms with Gasteiger partial charge in [-0.1, -0.05) is 70.0 Å². The lowest BCUT2D eigenvalue weighted by molar-refractivity contribution is 1.41. The molecule has 0 heteroatoms. The maximum absolute atomic E-state index is 4.24. The molecule has 0 bridgehead atoms. The van der Waals surface area contributed by atoms with E-state index in [1.807, 2.05) is 39.0 Å². The Labute approximate surface area is 123 Å². The molecule has 104 valence electrons. The zero-order valence-corrected chi connectivity index (χ0v) is 13.1. The van der Waals surface area contributed by atoms with Crippen LogP contribution in [-0.4, -0.2) is 0 Å². The molecule has 0 aromatic heterocycles. The first kappa shape index (κ1) is 16.0. The van der Waals surface area contributed by atoms with Crippen LogP contribution in [0.5, 0.6) is 0 Å². The van der Waals surface area contributed by atoms with Crippen molar-refractivity contribution >= 4 is 17.2 Å². The quantitative estimate of drug-likeness (QED) is 0.609. The fourth-order valence-electron chi connectivity index (χ4n) is 2.56. The van der Waals surface area contributed by atoms with Gasteiger partial charge in [0.25, 0.3) is 0 Å². The third-order valence-corrected chi connectivity index (χ3v) is 3.41. The van der Waals surface area contributed by atoms with E-state index in [1.54, 1.807) is 0 Å². The van der Waals surface area contributed by atoms with Crippen molar-refractivity contribution in [2.75, 3.05) is 0 Å². The molecule has 1 aliphatic rings. The van der Waals surface area contributed by atoms with Crippen molar-refractivity contribution in [3.63, 3.8) is 0 Å². The van der Waals surface area contributed by atoms with Gasteiger partial charge in [0.05, 0.1) is 0 Å². The van der Waals surface area contributed by atoms with E-state index in [4.69, 9.17) is 0 Å². The molecule has 0 saturated carbocycles. The number of allylic oxidation sites excluding steroid dienone is 6. The van der Waals surface area contributed by atoms with Crippen molar-refractivity contribution in [1.29, 1.82) is 0 Å². The van der Waals surface area contributed by atoms with Gasteiger partial charge in [-0.3, -0.25) is 0 Å². The van der Waals surface area contributed by atoms with Crippen LogP contribution in [0, 0.1) is 6.92 Å². The Kier molecular flexibility index (Phi) is 5.52. The molecule has 0 amide bonds. The van der Waals surface area contributed by atoms with Crippen LogP contribution in [-0.2, 0) is 0 Å². The number of aryl methyl sites for hydroxylation is 1. The van der Waals surface area contributed by atoms with Gasteiger partial charge in [0.15, 0.2) is 0 Å². The second-order valence-electron chi connectivity index (χ2n) is 4.43. The van der Waals surface area contributed by atoms with Gasteiger partial charge in [0.1, 0.15) is 0 Å². The first-order valence-corrected chi connectivity index (χ1v) is 7.11. The highest BCUT2D eigenvalue weighted by atomic mass is 14.3. The summed E-state index contributed by atoms with van der Waals surface area (Å²) in [7, 11) is 0. The van der Waals surface area contributed by atoms with Crippen molar-refractivity contribution in [2.24, 2.45) is 0 Å². The minimum Gasteiger partial charge on any atom is -0.0984 e. The minimum atomic E-state index is 1.07. The predicted molar refractivity (Wildman–Crippen MR) is 93.6 cm³/mol. The smallest absolute Gasteiger partial charge is 0.00299 e. The Morgan fingerprint density at radius 2 is 1.65 bits per heavy atom. The average molecular weight is 264 g/mol. The molecule has 20 heavy (non-hydrogen) atoms. The molecule has 1 aliphatic carbocycles. The highest BCUT2D eigenvalue weighted by Crippen LogP contribution is 2.44. The number of hydrogen-bond donors (Lipinski definition) is 0. The summed E-state index contributed by atoms with van der Waals surface area (Å²) in [6.07, 6.45) is 7.96. The lowest BCUT2D eigenvalue weighted by Gasteiger charge is -2.10. The summed E-state index contributed by atoms with van der Waals surface area (Å²) < 4.78 is 0. The van der Waals surface area contributed by atoms with Gasteiger partial charge in [-0.15, -0.1) is 0 Å². The van der Waals surface area contributed by atoms with E-state index in [2.05, 4.69) is 44.9 Å². The summed E-state index contributed by atoms with van der Waals surface area (Å²) >= 11 is 0. The largest absolute Gasteiger partial charge is 0.0984 e. The van der Waals surface area contributed by atoms with E-state index >= 15 is 0 Å². The molecule has 1 aromatic rings. The number of fused-ring (bicyclic) bond motifs is 1. The number of hydrogen-bond acceptors (Lipinski definition) is 0. The van der Waals surface area contributed by atoms with Gasteiger partial charge < -0.3 is 0 Å². The van der Waals surface area contributed by atoms with Crippen LogP contribution in [0.1, 0.15) is 43.0 Å². The maximum atomic E-state index is 4.24. The summed E-state index contributed by atoms with van der Waals surface area (Å²) in [4.78, 5) is 0. The topological polar surface area (TPSA) is 0 Å². The molecular formula is C20H24. The Bertz CT molecular complexity index is 607. The molecule has 1 aromatic carbocycles. The average Bonchev–Trinajstić information content (AvgIpc) is 2.74. The zero-order chi connectivity index (χ0) is 15.3. The Balaban J connectivity index is 0.000000956. The molecule has 0 atom stereocenters. The molecule has 0 unspecified atom stereocenters. The lowest BCUT2D eigenvalue weighted by Crippen LogP contribution is -1.91. The summed E-state index contributed by atoms with van der Waals surface area (Å²) in [6.45, 7) is 20.2. The van der Waals surface area contributed by atoms with Crippen LogP contribution in [0.4, 0.5) is 0 Å². The van der Waals surface area contributed by atoms with E-state index in [-0.39, 0.29) is 0 Å². The van der Waals surface area contributed by atoms with Gasteiger partial charge in [-0.05, 0) is 52.8 Å². The number of rotatable bonds is 3. The zero-order valence-electron chi connectivity index (χ0n) is 13.1. The summed E-state index contributed by atoms with van der Waals surface area (Å²) in [5.41, 5.74) is 8.21. The molecule has 2 rings (SSSR count). The van der Waals surface area contributed by atoms with E-state index in [1.165, 1.54) is 22.3 Å². The second-order valence-corrected chi connectivity index (χ2v) is 4.43. The van der Waals surface area contributed by atoms with Crippen molar-refractivity contribution < 1.29 is 0 Å². The standard InChI is InChI=1S/C18H18.C2H6/c1-6-9-16-13(5)18-14(7-2)12(4)10-11-17(18)15(16)8-3;1-2/h6-11H,2-3,5H2,1,4H3;1-2H3/b9-6-;.